The van der Waals surface area contributed by atoms with E-state index in [1.165, 1.54) is 18.2 Å². The van der Waals surface area contributed by atoms with E-state index in [0.29, 0.717) is 5.16 Å². The molecule has 0 aliphatic carbocycles. The highest BCUT2D eigenvalue weighted by molar-refractivity contribution is 7.99. The highest BCUT2D eigenvalue weighted by atomic mass is 35.5. The molecule has 2 aromatic rings. The van der Waals surface area contributed by atoms with Gasteiger partial charge in [-0.2, -0.15) is 0 Å². The Morgan fingerprint density at radius 1 is 1.52 bits per heavy atom. The van der Waals surface area contributed by atoms with Crippen LogP contribution in [0.5, 0.6) is 0 Å². The predicted molar refractivity (Wildman–Crippen MR) is 78.9 cm³/mol. The van der Waals surface area contributed by atoms with Crippen LogP contribution in [0.25, 0.3) is 0 Å². The molecule has 7 nitrogen and oxygen atoms in total. The summed E-state index contributed by atoms with van der Waals surface area (Å²) in [5, 5.41) is 18.1. The molecule has 0 spiro atoms. The maximum absolute atomic E-state index is 12.1. The Bertz CT molecular complexity index is 689. The minimum atomic E-state index is -0.566. The zero-order valence-corrected chi connectivity index (χ0v) is 12.6. The van der Waals surface area contributed by atoms with Crippen molar-refractivity contribution in [2.24, 2.45) is 0 Å². The second-order valence-electron chi connectivity index (χ2n) is 4.05. The van der Waals surface area contributed by atoms with E-state index in [4.69, 9.17) is 11.6 Å². The molecule has 0 aliphatic heterocycles. The molecule has 0 atom stereocenters. The molecule has 0 aliphatic rings. The number of thioether (sulfide) groups is 1. The van der Waals surface area contributed by atoms with Gasteiger partial charge in [-0.05, 0) is 6.07 Å². The molecule has 0 saturated carbocycles. The molecule has 2 rings (SSSR count). The number of rotatable bonds is 6. The van der Waals surface area contributed by atoms with E-state index in [1.807, 2.05) is 6.92 Å². The number of nitrogens with zero attached hydrogens (tertiary/aromatic N) is 3. The highest BCUT2D eigenvalue weighted by Crippen LogP contribution is 2.24. The molecular formula is C12H11ClN4O3S. The van der Waals surface area contributed by atoms with Gasteiger partial charge in [0.25, 0.3) is 5.69 Å². The zero-order chi connectivity index (χ0) is 15.4. The summed E-state index contributed by atoms with van der Waals surface area (Å²) in [6.45, 7) is 1.93. The summed E-state index contributed by atoms with van der Waals surface area (Å²) in [7, 11) is 0. The topological polar surface area (TPSA) is 102 Å². The molecule has 1 heterocycles. The Morgan fingerprint density at radius 3 is 2.90 bits per heavy atom. The fourth-order valence-electron chi connectivity index (χ4n) is 1.55. The molecule has 0 saturated heterocycles. The monoisotopic (exact) mass is 326 g/mol. The Kier molecular flexibility index (Phi) is 4.92. The number of carbonyl (C=O) groups is 1. The van der Waals surface area contributed by atoms with Crippen LogP contribution in [0.1, 0.15) is 23.1 Å². The van der Waals surface area contributed by atoms with Gasteiger partial charge in [0.1, 0.15) is 5.82 Å². The number of aromatic amines is 1. The molecule has 0 fully saturated rings. The molecule has 0 radical (unpaired) electrons. The molecule has 0 unspecified atom stereocenters. The van der Waals surface area contributed by atoms with Gasteiger partial charge >= 0.3 is 0 Å². The molecule has 21 heavy (non-hydrogen) atoms. The van der Waals surface area contributed by atoms with Crippen LogP contribution in [0, 0.1) is 10.1 Å². The van der Waals surface area contributed by atoms with E-state index in [-0.39, 0.29) is 27.8 Å². The van der Waals surface area contributed by atoms with Crippen LogP contribution in [0.15, 0.2) is 23.4 Å². The van der Waals surface area contributed by atoms with Crippen LogP contribution in [-0.4, -0.2) is 31.6 Å². The van der Waals surface area contributed by atoms with Crippen LogP contribution in [0.4, 0.5) is 5.69 Å². The minimum absolute atomic E-state index is 0.0574. The van der Waals surface area contributed by atoms with E-state index in [0.717, 1.165) is 24.0 Å². The number of carbonyl (C=O) groups excluding carboxylic acids is 1. The third-order valence-electron chi connectivity index (χ3n) is 2.64. The van der Waals surface area contributed by atoms with Gasteiger partial charge in [-0.3, -0.25) is 20.0 Å². The van der Waals surface area contributed by atoms with Crippen LogP contribution < -0.4 is 0 Å². The summed E-state index contributed by atoms with van der Waals surface area (Å²) in [5.74, 6) is 0.483. The maximum atomic E-state index is 12.1. The van der Waals surface area contributed by atoms with Gasteiger partial charge < -0.3 is 0 Å². The number of H-pyrrole nitrogens is 1. The highest BCUT2D eigenvalue weighted by Gasteiger charge is 2.16. The number of nitro benzene ring substituents is 1. The van der Waals surface area contributed by atoms with Crippen LogP contribution >= 0.6 is 23.4 Å². The van der Waals surface area contributed by atoms with Crippen LogP contribution in [0.2, 0.25) is 5.02 Å². The lowest BCUT2D eigenvalue weighted by Crippen LogP contribution is -2.04. The number of halogens is 1. The molecule has 110 valence electrons. The van der Waals surface area contributed by atoms with E-state index >= 15 is 0 Å². The van der Waals surface area contributed by atoms with Gasteiger partial charge in [-0.1, -0.05) is 30.3 Å². The van der Waals surface area contributed by atoms with Crippen LogP contribution in [-0.2, 0) is 6.42 Å². The van der Waals surface area contributed by atoms with Gasteiger partial charge in [0.2, 0.25) is 5.16 Å². The number of non-ortho nitro benzene ring substituents is 1. The third kappa shape index (κ3) is 3.79. The van der Waals surface area contributed by atoms with Crippen LogP contribution in [0.3, 0.4) is 0 Å². The van der Waals surface area contributed by atoms with Crippen molar-refractivity contribution in [3.05, 3.63) is 44.7 Å². The van der Waals surface area contributed by atoms with Gasteiger partial charge in [0, 0.05) is 24.1 Å². The van der Waals surface area contributed by atoms with E-state index in [2.05, 4.69) is 15.2 Å². The summed E-state index contributed by atoms with van der Waals surface area (Å²) < 4.78 is 0. The SMILES string of the molecule is CCc1nc(SCC(=O)c2cc([N+](=O)[O-])ccc2Cl)n[nH]1. The average Bonchev–Trinajstić information content (AvgIpc) is 2.93. The normalized spacial score (nSPS) is 10.6. The van der Waals surface area contributed by atoms with E-state index < -0.39 is 4.92 Å². The first kappa shape index (κ1) is 15.5. The Labute approximate surface area is 129 Å². The largest absolute Gasteiger partial charge is 0.293 e. The number of ketones is 1. The fraction of sp³-hybridized carbons (Fsp3) is 0.250. The van der Waals surface area contributed by atoms with Crippen molar-refractivity contribution >= 4 is 34.8 Å². The smallest absolute Gasteiger partial charge is 0.270 e. The Morgan fingerprint density at radius 2 is 2.29 bits per heavy atom. The number of nitrogens with one attached hydrogen (secondary N) is 1. The van der Waals surface area contributed by atoms with Crippen molar-refractivity contribution in [3.8, 4) is 0 Å². The first-order chi connectivity index (χ1) is 10.0. The van der Waals surface area contributed by atoms with E-state index in [9.17, 15) is 14.9 Å². The van der Waals surface area contributed by atoms with E-state index in [1.54, 1.807) is 0 Å². The molecule has 1 N–H and O–H groups in total. The van der Waals surface area contributed by atoms with Gasteiger partial charge in [-0.15, -0.1) is 5.10 Å². The first-order valence-corrected chi connectivity index (χ1v) is 7.38. The van der Waals surface area contributed by atoms with Gasteiger partial charge in [0.05, 0.1) is 15.7 Å². The van der Waals surface area contributed by atoms with Crippen molar-refractivity contribution in [3.63, 3.8) is 0 Å². The lowest BCUT2D eigenvalue weighted by molar-refractivity contribution is -0.384. The van der Waals surface area contributed by atoms with Crippen molar-refractivity contribution in [1.29, 1.82) is 0 Å². The summed E-state index contributed by atoms with van der Waals surface area (Å²) in [6, 6.07) is 3.79. The zero-order valence-electron chi connectivity index (χ0n) is 11.0. The van der Waals surface area contributed by atoms with Crippen molar-refractivity contribution in [2.45, 2.75) is 18.5 Å². The second-order valence-corrected chi connectivity index (χ2v) is 5.40. The predicted octanol–water partition coefficient (Wildman–Crippen LogP) is 2.90. The lowest BCUT2D eigenvalue weighted by Gasteiger charge is -2.02. The first-order valence-electron chi connectivity index (χ1n) is 6.02. The molecular weight excluding hydrogens is 316 g/mol. The molecule has 0 bridgehead atoms. The maximum Gasteiger partial charge on any atom is 0.270 e. The summed E-state index contributed by atoms with van der Waals surface area (Å²) in [6.07, 6.45) is 0.720. The number of Topliss-reactive ketones (excluding diaryl/α,β-unsaturated/α-hetero) is 1. The summed E-state index contributed by atoms with van der Waals surface area (Å²) in [4.78, 5) is 26.4. The second kappa shape index (κ2) is 6.68. The molecule has 1 aromatic carbocycles. The number of hydrogen-bond donors (Lipinski definition) is 1. The molecule has 1 aromatic heterocycles. The molecule has 0 amide bonds. The Hall–Kier alpha value is -1.93. The number of nitro groups is 1. The van der Waals surface area contributed by atoms with Gasteiger partial charge in [-0.25, -0.2) is 4.98 Å². The standard InChI is InChI=1S/C12H11ClN4O3S/c1-2-11-14-12(16-15-11)21-6-10(18)8-5-7(17(19)20)3-4-9(8)13/h3-5H,2,6H2,1H3,(H,14,15,16). The number of hydrogen-bond acceptors (Lipinski definition) is 6. The quantitative estimate of drug-likeness (QED) is 0.379. The number of aryl methyl sites for hydroxylation is 1. The van der Waals surface area contributed by atoms with Crippen molar-refractivity contribution in [2.75, 3.05) is 5.75 Å². The third-order valence-corrected chi connectivity index (χ3v) is 3.82. The minimum Gasteiger partial charge on any atom is -0.293 e. The van der Waals surface area contributed by atoms with Crippen molar-refractivity contribution < 1.29 is 9.72 Å². The Balaban J connectivity index is 2.09. The lowest BCUT2D eigenvalue weighted by atomic mass is 10.1. The number of benzene rings is 1. The summed E-state index contributed by atoms with van der Waals surface area (Å²) >= 11 is 7.06. The van der Waals surface area contributed by atoms with Crippen molar-refractivity contribution in [1.82, 2.24) is 15.2 Å². The average molecular weight is 327 g/mol. The number of aromatic nitrogens is 3. The fourth-order valence-corrected chi connectivity index (χ4v) is 2.47. The summed E-state index contributed by atoms with van der Waals surface area (Å²) in [5.41, 5.74) is -0.0384. The van der Waals surface area contributed by atoms with Gasteiger partial charge in [0.15, 0.2) is 5.78 Å². The molecule has 9 heteroatoms.